The maximum absolute atomic E-state index is 12.3. The van der Waals surface area contributed by atoms with Crippen LogP contribution in [0.1, 0.15) is 10.4 Å². The third kappa shape index (κ3) is 3.15. The first-order valence-electron chi connectivity index (χ1n) is 7.20. The van der Waals surface area contributed by atoms with E-state index >= 15 is 0 Å². The Morgan fingerprint density at radius 1 is 1.15 bits per heavy atom. The van der Waals surface area contributed by atoms with Crippen LogP contribution in [0.2, 0.25) is 0 Å². The minimum Gasteiger partial charge on any atom is -0.318 e. The van der Waals surface area contributed by atoms with Crippen molar-refractivity contribution < 1.29 is 14.6 Å². The van der Waals surface area contributed by atoms with Crippen LogP contribution in [-0.2, 0) is 7.05 Å². The number of nitrogens with one attached hydrogen (secondary N) is 1. The topological polar surface area (TPSA) is 133 Å². The summed E-state index contributed by atoms with van der Waals surface area (Å²) in [4.78, 5) is 33.0. The van der Waals surface area contributed by atoms with E-state index in [9.17, 15) is 25.0 Å². The molecule has 0 aliphatic carbocycles. The van der Waals surface area contributed by atoms with Crippen LogP contribution in [0, 0.1) is 20.2 Å². The van der Waals surface area contributed by atoms with Crippen molar-refractivity contribution in [1.82, 2.24) is 9.99 Å². The van der Waals surface area contributed by atoms with Crippen molar-refractivity contribution in [3.05, 3.63) is 73.1 Å². The maximum Gasteiger partial charge on any atom is 0.289 e. The zero-order chi connectivity index (χ0) is 18.8. The Kier molecular flexibility index (Phi) is 4.45. The van der Waals surface area contributed by atoms with Gasteiger partial charge in [-0.15, -0.1) is 5.10 Å². The number of hydrogen-bond donors (Lipinski definition) is 1. The molecule has 0 radical (unpaired) electrons. The Morgan fingerprint density at radius 2 is 1.88 bits per heavy atom. The lowest BCUT2D eigenvalue weighted by molar-refractivity contribution is -0.394. The molecule has 0 unspecified atom stereocenters. The number of hydrogen-bond acceptors (Lipinski definition) is 7. The molecule has 1 N–H and O–H groups in total. The number of amides is 1. The molecule has 2 aromatic carbocycles. The summed E-state index contributed by atoms with van der Waals surface area (Å²) in [6.45, 7) is 0. The first kappa shape index (κ1) is 17.2. The molecule has 1 heterocycles. The summed E-state index contributed by atoms with van der Waals surface area (Å²) in [5.74, 6) is -0.830. The predicted octanol–water partition coefficient (Wildman–Crippen LogP) is 2.30. The van der Waals surface area contributed by atoms with Gasteiger partial charge in [0.25, 0.3) is 17.3 Å². The third-order valence-electron chi connectivity index (χ3n) is 3.60. The molecule has 11 heteroatoms. The molecule has 0 bridgehead atoms. The number of aryl methyl sites for hydroxylation is 1. The number of nitro benzene ring substituents is 2. The number of non-ortho nitro benzene ring substituents is 1. The molecule has 0 aliphatic heterocycles. The second-order valence-corrected chi connectivity index (χ2v) is 6.19. The van der Waals surface area contributed by atoms with E-state index in [2.05, 4.69) is 10.5 Å². The van der Waals surface area contributed by atoms with Gasteiger partial charge in [-0.25, -0.2) is 5.43 Å². The van der Waals surface area contributed by atoms with Crippen molar-refractivity contribution in [1.29, 1.82) is 0 Å². The van der Waals surface area contributed by atoms with Crippen LogP contribution in [0.5, 0.6) is 0 Å². The van der Waals surface area contributed by atoms with Gasteiger partial charge in [0.1, 0.15) is 5.56 Å². The van der Waals surface area contributed by atoms with Gasteiger partial charge in [-0.2, -0.15) is 0 Å². The number of aromatic nitrogens is 1. The molecule has 0 saturated heterocycles. The molecular weight excluding hydrogens is 362 g/mol. The van der Waals surface area contributed by atoms with Gasteiger partial charge in [-0.05, 0) is 18.2 Å². The third-order valence-corrected chi connectivity index (χ3v) is 4.71. The van der Waals surface area contributed by atoms with Crippen LogP contribution < -0.4 is 10.2 Å². The zero-order valence-corrected chi connectivity index (χ0v) is 14.1. The van der Waals surface area contributed by atoms with Gasteiger partial charge in [-0.1, -0.05) is 23.5 Å². The fraction of sp³-hybridized carbons (Fsp3) is 0.0667. The number of para-hydroxylation sites is 1. The van der Waals surface area contributed by atoms with E-state index in [-0.39, 0.29) is 5.56 Å². The molecule has 0 aliphatic rings. The van der Waals surface area contributed by atoms with Crippen molar-refractivity contribution in [3.63, 3.8) is 0 Å². The number of benzene rings is 2. The highest BCUT2D eigenvalue weighted by atomic mass is 32.1. The van der Waals surface area contributed by atoms with E-state index in [1.165, 1.54) is 11.3 Å². The summed E-state index contributed by atoms with van der Waals surface area (Å²) in [6.07, 6.45) is 0. The first-order valence-corrected chi connectivity index (χ1v) is 8.01. The van der Waals surface area contributed by atoms with Crippen molar-refractivity contribution in [2.45, 2.75) is 0 Å². The van der Waals surface area contributed by atoms with Crippen molar-refractivity contribution in [2.75, 3.05) is 0 Å². The molecule has 132 valence electrons. The van der Waals surface area contributed by atoms with E-state index in [0.717, 1.165) is 28.4 Å². The highest BCUT2D eigenvalue weighted by Crippen LogP contribution is 2.24. The van der Waals surface area contributed by atoms with Gasteiger partial charge in [-0.3, -0.25) is 25.0 Å². The Morgan fingerprint density at radius 3 is 2.54 bits per heavy atom. The highest BCUT2D eigenvalue weighted by molar-refractivity contribution is 7.16. The molecule has 0 atom stereocenters. The maximum atomic E-state index is 12.3. The summed E-state index contributed by atoms with van der Waals surface area (Å²) < 4.78 is 2.73. The lowest BCUT2D eigenvalue weighted by atomic mass is 10.1. The molecule has 26 heavy (non-hydrogen) atoms. The lowest BCUT2D eigenvalue weighted by Gasteiger charge is -2.01. The van der Waals surface area contributed by atoms with Gasteiger partial charge >= 0.3 is 0 Å². The Labute approximate surface area is 149 Å². The summed E-state index contributed by atoms with van der Waals surface area (Å²) in [6, 6.07) is 10.4. The quantitative estimate of drug-likeness (QED) is 0.553. The highest BCUT2D eigenvalue weighted by Gasteiger charge is 2.24. The van der Waals surface area contributed by atoms with E-state index in [4.69, 9.17) is 0 Å². The van der Waals surface area contributed by atoms with Gasteiger partial charge in [0.05, 0.1) is 26.1 Å². The van der Waals surface area contributed by atoms with Crippen molar-refractivity contribution in [2.24, 2.45) is 12.1 Å². The fourth-order valence-electron chi connectivity index (χ4n) is 2.32. The largest absolute Gasteiger partial charge is 0.318 e. The number of carbonyl (C=O) groups is 1. The first-order chi connectivity index (χ1) is 12.4. The summed E-state index contributed by atoms with van der Waals surface area (Å²) >= 11 is 1.34. The van der Waals surface area contributed by atoms with Crippen LogP contribution in [-0.4, -0.2) is 20.3 Å². The van der Waals surface area contributed by atoms with E-state index in [1.54, 1.807) is 11.6 Å². The summed E-state index contributed by atoms with van der Waals surface area (Å²) in [7, 11) is 1.78. The second kappa shape index (κ2) is 6.72. The number of thiazole rings is 1. The smallest absolute Gasteiger partial charge is 0.289 e. The predicted molar refractivity (Wildman–Crippen MR) is 93.6 cm³/mol. The average Bonchev–Trinajstić information content (AvgIpc) is 2.95. The Hall–Kier alpha value is -3.60. The molecule has 1 amide bonds. The molecule has 0 fully saturated rings. The van der Waals surface area contributed by atoms with E-state index in [0.29, 0.717) is 4.80 Å². The monoisotopic (exact) mass is 373 g/mol. The average molecular weight is 373 g/mol. The Bertz CT molecular complexity index is 1120. The van der Waals surface area contributed by atoms with Crippen LogP contribution in [0.25, 0.3) is 10.2 Å². The minimum absolute atomic E-state index is 0.312. The molecule has 1 aromatic heterocycles. The molecule has 3 aromatic rings. The van der Waals surface area contributed by atoms with Crippen LogP contribution in [0.3, 0.4) is 0 Å². The van der Waals surface area contributed by atoms with Crippen LogP contribution >= 0.6 is 11.3 Å². The number of nitro groups is 2. The number of nitrogens with zero attached hydrogens (tertiary/aromatic N) is 4. The molecule has 3 rings (SSSR count). The molecule has 0 spiro atoms. The lowest BCUT2D eigenvalue weighted by Crippen LogP contribution is -2.24. The van der Waals surface area contributed by atoms with E-state index in [1.807, 2.05) is 24.3 Å². The summed E-state index contributed by atoms with van der Waals surface area (Å²) in [5, 5.41) is 25.9. The molecule has 10 nitrogen and oxygen atoms in total. The second-order valence-electron chi connectivity index (χ2n) is 5.18. The molecule has 0 saturated carbocycles. The standard InChI is InChI=1S/C15H11N5O5S/c1-18-11-4-2-3-5-13(11)26-15(18)17-16-14(21)10-7-6-9(19(22)23)8-12(10)20(24)25/h2-8H,1H3,(H,16,21)/b17-15+. The van der Waals surface area contributed by atoms with Crippen LogP contribution in [0.15, 0.2) is 47.6 Å². The van der Waals surface area contributed by atoms with E-state index < -0.39 is 27.1 Å². The fourth-order valence-corrected chi connectivity index (χ4v) is 3.30. The van der Waals surface area contributed by atoms with Gasteiger partial charge in [0, 0.05) is 13.1 Å². The van der Waals surface area contributed by atoms with Crippen LogP contribution in [0.4, 0.5) is 11.4 Å². The minimum atomic E-state index is -0.846. The number of carbonyl (C=O) groups excluding carboxylic acids is 1. The normalized spacial score (nSPS) is 11.5. The van der Waals surface area contributed by atoms with Gasteiger partial charge < -0.3 is 4.57 Å². The zero-order valence-electron chi connectivity index (χ0n) is 13.3. The Balaban J connectivity index is 1.96. The number of fused-ring (bicyclic) bond motifs is 1. The SMILES string of the molecule is Cn1/c(=N\NC(=O)c2ccc([N+](=O)[O-])cc2[N+](=O)[O-])sc2ccccc21. The summed E-state index contributed by atoms with van der Waals surface area (Å²) in [5.41, 5.74) is 1.74. The molecular formula is C15H11N5O5S. The van der Waals surface area contributed by atoms with Gasteiger partial charge in [0.2, 0.25) is 4.80 Å². The number of rotatable bonds is 4. The van der Waals surface area contributed by atoms with Gasteiger partial charge in [0.15, 0.2) is 0 Å². The van der Waals surface area contributed by atoms with Crippen molar-refractivity contribution in [3.8, 4) is 0 Å². The van der Waals surface area contributed by atoms with Crippen molar-refractivity contribution >= 4 is 38.8 Å².